The first kappa shape index (κ1) is 19.9. The Labute approximate surface area is 186 Å². The van der Waals surface area contributed by atoms with Crippen LogP contribution in [0, 0.1) is 0 Å². The van der Waals surface area contributed by atoms with Crippen molar-refractivity contribution in [2.45, 2.75) is 18.9 Å². The highest BCUT2D eigenvalue weighted by molar-refractivity contribution is 5.96. The minimum atomic E-state index is -0.229. The van der Waals surface area contributed by atoms with Gasteiger partial charge in [0, 0.05) is 31.0 Å². The Morgan fingerprint density at radius 1 is 0.938 bits per heavy atom. The van der Waals surface area contributed by atoms with Gasteiger partial charge in [0.05, 0.1) is 11.4 Å². The number of nitrogens with zero attached hydrogens (tertiary/aromatic N) is 5. The van der Waals surface area contributed by atoms with Crippen LogP contribution in [0.2, 0.25) is 0 Å². The molecule has 1 aliphatic heterocycles. The number of anilines is 2. The van der Waals surface area contributed by atoms with E-state index in [1.807, 2.05) is 54.2 Å². The summed E-state index contributed by atoms with van der Waals surface area (Å²) < 4.78 is 1.85. The molecule has 7 nitrogen and oxygen atoms in total. The first-order valence-electron chi connectivity index (χ1n) is 10.7. The molecule has 0 spiro atoms. The van der Waals surface area contributed by atoms with Crippen molar-refractivity contribution in [3.63, 3.8) is 0 Å². The Hall–Kier alpha value is -4.00. The molecule has 1 saturated heterocycles. The van der Waals surface area contributed by atoms with Crippen LogP contribution in [0.1, 0.15) is 12.8 Å². The molecular formula is C25H24N6O. The number of carbonyl (C=O) groups excluding carboxylic acids is 1. The summed E-state index contributed by atoms with van der Waals surface area (Å²) in [6, 6.07) is 23.6. The summed E-state index contributed by atoms with van der Waals surface area (Å²) in [5, 5.41) is 15.6. The lowest BCUT2D eigenvalue weighted by Crippen LogP contribution is -2.39. The smallest absolute Gasteiger partial charge is 0.248 e. The minimum Gasteiger partial charge on any atom is -0.360 e. The third-order valence-corrected chi connectivity index (χ3v) is 5.86. The molecular weight excluding hydrogens is 400 g/mol. The normalized spacial score (nSPS) is 15.7. The Kier molecular flexibility index (Phi) is 5.37. The molecule has 0 radical (unpaired) electrons. The van der Waals surface area contributed by atoms with E-state index in [2.05, 4.69) is 49.8 Å². The number of nitrogens with one attached hydrogen (secondary N) is 1. The van der Waals surface area contributed by atoms with Crippen LogP contribution in [0.4, 0.5) is 11.5 Å². The molecule has 4 aromatic rings. The summed E-state index contributed by atoms with van der Waals surface area (Å²) in [5.41, 5.74) is 4.97. The van der Waals surface area contributed by atoms with Crippen molar-refractivity contribution in [2.24, 2.45) is 7.05 Å². The first-order chi connectivity index (χ1) is 15.7. The molecule has 0 aliphatic carbocycles. The molecule has 0 unspecified atom stereocenters. The van der Waals surface area contributed by atoms with E-state index < -0.39 is 0 Å². The SMILES string of the molecule is Cn1nccc1-c1ccc(N2CCC[C@H]2C(=O)Nc2ccc(-c3ccccc3)nn2)cc1. The first-order valence-corrected chi connectivity index (χ1v) is 10.7. The fraction of sp³-hybridized carbons (Fsp3) is 0.200. The van der Waals surface area contributed by atoms with Crippen LogP contribution in [0.3, 0.4) is 0 Å². The average Bonchev–Trinajstić information content (AvgIpc) is 3.50. The molecule has 1 amide bonds. The number of rotatable bonds is 5. The number of benzene rings is 2. The second-order valence-corrected chi connectivity index (χ2v) is 7.90. The third kappa shape index (κ3) is 3.97. The Morgan fingerprint density at radius 3 is 2.44 bits per heavy atom. The van der Waals surface area contributed by atoms with Gasteiger partial charge in [-0.2, -0.15) is 5.10 Å². The fourth-order valence-corrected chi connectivity index (χ4v) is 4.20. The van der Waals surface area contributed by atoms with Crippen LogP contribution < -0.4 is 10.2 Å². The lowest BCUT2D eigenvalue weighted by atomic mass is 10.1. The van der Waals surface area contributed by atoms with Gasteiger partial charge >= 0.3 is 0 Å². The Balaban J connectivity index is 1.28. The molecule has 32 heavy (non-hydrogen) atoms. The van der Waals surface area contributed by atoms with E-state index in [1.165, 1.54) is 0 Å². The highest BCUT2D eigenvalue weighted by Crippen LogP contribution is 2.29. The molecule has 1 aliphatic rings. The third-order valence-electron chi connectivity index (χ3n) is 5.86. The summed E-state index contributed by atoms with van der Waals surface area (Å²) in [5.74, 6) is 0.410. The van der Waals surface area contributed by atoms with Crippen LogP contribution in [0.5, 0.6) is 0 Å². The second-order valence-electron chi connectivity index (χ2n) is 7.90. The highest BCUT2D eigenvalue weighted by atomic mass is 16.2. The summed E-state index contributed by atoms with van der Waals surface area (Å²) >= 11 is 0. The topological polar surface area (TPSA) is 75.9 Å². The molecule has 2 aromatic heterocycles. The van der Waals surface area contributed by atoms with Gasteiger partial charge in [0.25, 0.3) is 0 Å². The molecule has 160 valence electrons. The van der Waals surface area contributed by atoms with Crippen molar-refractivity contribution in [1.82, 2.24) is 20.0 Å². The predicted octanol–water partition coefficient (Wildman–Crippen LogP) is 4.15. The molecule has 7 heteroatoms. The maximum absolute atomic E-state index is 13.0. The number of carbonyl (C=O) groups is 1. The van der Waals surface area contributed by atoms with Gasteiger partial charge in [-0.3, -0.25) is 9.48 Å². The van der Waals surface area contributed by atoms with Crippen molar-refractivity contribution in [3.8, 4) is 22.5 Å². The number of aromatic nitrogens is 4. The van der Waals surface area contributed by atoms with Crippen LogP contribution in [-0.2, 0) is 11.8 Å². The van der Waals surface area contributed by atoms with E-state index in [1.54, 1.807) is 12.3 Å². The lowest BCUT2D eigenvalue weighted by Gasteiger charge is -2.26. The quantitative estimate of drug-likeness (QED) is 0.521. The van der Waals surface area contributed by atoms with Crippen LogP contribution >= 0.6 is 0 Å². The van der Waals surface area contributed by atoms with E-state index in [0.717, 1.165) is 47.6 Å². The van der Waals surface area contributed by atoms with E-state index in [9.17, 15) is 4.79 Å². The number of hydrogen-bond acceptors (Lipinski definition) is 5. The summed E-state index contributed by atoms with van der Waals surface area (Å²) in [6.45, 7) is 0.849. The summed E-state index contributed by atoms with van der Waals surface area (Å²) in [7, 11) is 1.93. The van der Waals surface area contributed by atoms with Crippen molar-refractivity contribution in [3.05, 3.63) is 79.0 Å². The largest absolute Gasteiger partial charge is 0.360 e. The van der Waals surface area contributed by atoms with Gasteiger partial charge in [-0.1, -0.05) is 42.5 Å². The molecule has 0 bridgehead atoms. The molecule has 2 aromatic carbocycles. The Bertz CT molecular complexity index is 1200. The van der Waals surface area contributed by atoms with E-state index in [-0.39, 0.29) is 11.9 Å². The number of aryl methyl sites for hydroxylation is 1. The van der Waals surface area contributed by atoms with E-state index in [4.69, 9.17) is 0 Å². The number of hydrogen-bond donors (Lipinski definition) is 1. The average molecular weight is 425 g/mol. The zero-order valence-corrected chi connectivity index (χ0v) is 17.8. The number of amides is 1. The molecule has 1 N–H and O–H groups in total. The highest BCUT2D eigenvalue weighted by Gasteiger charge is 2.31. The monoisotopic (exact) mass is 424 g/mol. The van der Waals surface area contributed by atoms with Gasteiger partial charge in [0.1, 0.15) is 6.04 Å². The molecule has 5 rings (SSSR count). The van der Waals surface area contributed by atoms with Gasteiger partial charge in [-0.25, -0.2) is 0 Å². The van der Waals surface area contributed by atoms with Crippen LogP contribution in [-0.4, -0.2) is 38.5 Å². The van der Waals surface area contributed by atoms with Gasteiger partial charge in [-0.15, -0.1) is 10.2 Å². The molecule has 0 saturated carbocycles. The summed E-state index contributed by atoms with van der Waals surface area (Å²) in [4.78, 5) is 15.2. The van der Waals surface area contributed by atoms with Crippen molar-refractivity contribution >= 4 is 17.4 Å². The molecule has 1 atom stereocenters. The maximum atomic E-state index is 13.0. The van der Waals surface area contributed by atoms with E-state index >= 15 is 0 Å². The zero-order chi connectivity index (χ0) is 21.9. The maximum Gasteiger partial charge on any atom is 0.248 e. The fourth-order valence-electron chi connectivity index (χ4n) is 4.20. The second kappa shape index (κ2) is 8.63. The van der Waals surface area contributed by atoms with Gasteiger partial charge < -0.3 is 10.2 Å². The van der Waals surface area contributed by atoms with Crippen molar-refractivity contribution in [2.75, 3.05) is 16.8 Å². The van der Waals surface area contributed by atoms with Gasteiger partial charge in [0.2, 0.25) is 5.91 Å². The van der Waals surface area contributed by atoms with Crippen molar-refractivity contribution in [1.29, 1.82) is 0 Å². The van der Waals surface area contributed by atoms with Crippen LogP contribution in [0.25, 0.3) is 22.5 Å². The zero-order valence-electron chi connectivity index (χ0n) is 17.8. The summed E-state index contributed by atoms with van der Waals surface area (Å²) in [6.07, 6.45) is 3.57. The lowest BCUT2D eigenvalue weighted by molar-refractivity contribution is -0.117. The Morgan fingerprint density at radius 2 is 1.75 bits per heavy atom. The van der Waals surface area contributed by atoms with Crippen molar-refractivity contribution < 1.29 is 4.79 Å². The van der Waals surface area contributed by atoms with Crippen LogP contribution in [0.15, 0.2) is 79.0 Å². The van der Waals surface area contributed by atoms with Gasteiger partial charge in [0.15, 0.2) is 5.82 Å². The van der Waals surface area contributed by atoms with Gasteiger partial charge in [-0.05, 0) is 48.7 Å². The van der Waals surface area contributed by atoms with E-state index in [0.29, 0.717) is 5.82 Å². The molecule has 3 heterocycles. The molecule has 1 fully saturated rings. The minimum absolute atomic E-state index is 0.0556. The predicted molar refractivity (Wildman–Crippen MR) is 125 cm³/mol. The standard InChI is InChI=1S/C25H24N6O/c1-30-22(15-16-26-30)19-9-11-20(12-10-19)31-17-5-8-23(31)25(32)27-24-14-13-21(28-29-24)18-6-3-2-4-7-18/h2-4,6-7,9-16,23H,5,8,17H2,1H3,(H,27,29,32)/t23-/m0/s1.